The second kappa shape index (κ2) is 8.57. The van der Waals surface area contributed by atoms with E-state index < -0.39 is 5.82 Å². The molecule has 1 aromatic carbocycles. The molecule has 1 amide bonds. The fourth-order valence-electron chi connectivity index (χ4n) is 1.35. The minimum atomic E-state index is -0.407. The van der Waals surface area contributed by atoms with Crippen LogP contribution in [0.25, 0.3) is 0 Å². The van der Waals surface area contributed by atoms with Crippen molar-refractivity contribution in [2.24, 2.45) is 0 Å². The molecule has 0 aliphatic rings. The van der Waals surface area contributed by atoms with E-state index in [4.69, 9.17) is 5.11 Å². The van der Waals surface area contributed by atoms with Crippen LogP contribution in [-0.4, -0.2) is 29.6 Å². The third kappa shape index (κ3) is 5.77. The van der Waals surface area contributed by atoms with Crippen LogP contribution in [-0.2, 0) is 4.79 Å². The Morgan fingerprint density at radius 2 is 2.32 bits per heavy atom. The largest absolute Gasteiger partial charge is 0.395 e. The Balaban J connectivity index is 2.82. The van der Waals surface area contributed by atoms with E-state index in [0.29, 0.717) is 24.1 Å². The van der Waals surface area contributed by atoms with Gasteiger partial charge >= 0.3 is 0 Å². The van der Waals surface area contributed by atoms with Gasteiger partial charge in [-0.1, -0.05) is 11.8 Å². The van der Waals surface area contributed by atoms with Crippen molar-refractivity contribution in [3.8, 4) is 11.8 Å². The summed E-state index contributed by atoms with van der Waals surface area (Å²) in [6.07, 6.45) is 2.65. The van der Waals surface area contributed by atoms with E-state index in [1.54, 1.807) is 11.8 Å². The highest BCUT2D eigenvalue weighted by molar-refractivity contribution is 7.98. The quantitative estimate of drug-likeness (QED) is 0.814. The zero-order valence-corrected chi connectivity index (χ0v) is 11.5. The first-order valence-corrected chi connectivity index (χ1v) is 7.25. The number of amides is 1. The number of hydrogen-bond donors (Lipinski definition) is 2. The van der Waals surface area contributed by atoms with Gasteiger partial charge in [-0.3, -0.25) is 4.79 Å². The number of rotatable bonds is 5. The van der Waals surface area contributed by atoms with Crippen molar-refractivity contribution in [3.05, 3.63) is 29.6 Å². The van der Waals surface area contributed by atoms with Crippen LogP contribution < -0.4 is 5.32 Å². The number of aliphatic hydroxyl groups is 1. The van der Waals surface area contributed by atoms with Gasteiger partial charge in [0.15, 0.2) is 0 Å². The lowest BCUT2D eigenvalue weighted by atomic mass is 10.1. The Hall–Kier alpha value is -1.51. The Morgan fingerprint density at radius 3 is 3.00 bits per heavy atom. The molecule has 0 bridgehead atoms. The Bertz CT molecular complexity index is 494. The van der Waals surface area contributed by atoms with Crippen LogP contribution in [0.4, 0.5) is 10.1 Å². The Kier molecular flexibility index (Phi) is 7.01. The number of carbonyl (C=O) groups is 1. The number of benzene rings is 1. The van der Waals surface area contributed by atoms with Crippen molar-refractivity contribution in [1.29, 1.82) is 0 Å². The highest BCUT2D eigenvalue weighted by Gasteiger charge is 2.06. The van der Waals surface area contributed by atoms with E-state index in [2.05, 4.69) is 17.2 Å². The molecule has 102 valence electrons. The molecule has 0 fully saturated rings. The number of thioether (sulfide) groups is 1. The van der Waals surface area contributed by atoms with Crippen LogP contribution in [0.3, 0.4) is 0 Å². The first-order chi connectivity index (χ1) is 9.17. The minimum absolute atomic E-state index is 0.0439. The molecule has 19 heavy (non-hydrogen) atoms. The van der Waals surface area contributed by atoms with E-state index in [0.717, 1.165) is 5.75 Å². The third-order valence-corrected chi connectivity index (χ3v) is 2.86. The summed E-state index contributed by atoms with van der Waals surface area (Å²) in [6.45, 7) is -0.0439. The maximum absolute atomic E-state index is 13.2. The van der Waals surface area contributed by atoms with Crippen LogP contribution >= 0.6 is 11.8 Å². The van der Waals surface area contributed by atoms with Gasteiger partial charge in [0.05, 0.1) is 17.9 Å². The van der Waals surface area contributed by atoms with Crippen LogP contribution in [0.1, 0.15) is 18.4 Å². The van der Waals surface area contributed by atoms with Crippen LogP contribution in [0.2, 0.25) is 0 Å². The number of hydrogen-bond acceptors (Lipinski definition) is 3. The summed E-state index contributed by atoms with van der Waals surface area (Å²) in [5.41, 5.74) is 0.920. The molecule has 0 heterocycles. The van der Waals surface area contributed by atoms with E-state index in [1.165, 1.54) is 18.2 Å². The monoisotopic (exact) mass is 281 g/mol. The van der Waals surface area contributed by atoms with Gasteiger partial charge < -0.3 is 10.4 Å². The Morgan fingerprint density at radius 1 is 1.53 bits per heavy atom. The zero-order valence-electron chi connectivity index (χ0n) is 10.7. The highest BCUT2D eigenvalue weighted by atomic mass is 32.2. The van der Waals surface area contributed by atoms with Crippen molar-refractivity contribution in [2.45, 2.75) is 12.8 Å². The van der Waals surface area contributed by atoms with E-state index in [1.807, 2.05) is 6.26 Å². The number of halogens is 1. The summed E-state index contributed by atoms with van der Waals surface area (Å²) in [5.74, 6) is 5.67. The molecule has 5 heteroatoms. The molecule has 0 spiro atoms. The molecule has 3 nitrogen and oxygen atoms in total. The van der Waals surface area contributed by atoms with Gasteiger partial charge in [0.1, 0.15) is 5.82 Å². The van der Waals surface area contributed by atoms with Gasteiger partial charge in [0.25, 0.3) is 0 Å². The molecule has 0 aromatic heterocycles. The summed E-state index contributed by atoms with van der Waals surface area (Å²) in [5, 5.41) is 11.4. The van der Waals surface area contributed by atoms with E-state index >= 15 is 0 Å². The average Bonchev–Trinajstić information content (AvgIpc) is 2.39. The molecule has 0 unspecified atom stereocenters. The van der Waals surface area contributed by atoms with Gasteiger partial charge in [-0.15, -0.1) is 0 Å². The molecule has 0 aliphatic carbocycles. The lowest BCUT2D eigenvalue weighted by molar-refractivity contribution is -0.115. The van der Waals surface area contributed by atoms with Crippen molar-refractivity contribution < 1.29 is 14.3 Å². The maximum atomic E-state index is 13.2. The fraction of sp³-hybridized carbons (Fsp3) is 0.357. The molecule has 0 atom stereocenters. The zero-order chi connectivity index (χ0) is 14.1. The Labute approximate surface area is 116 Å². The topological polar surface area (TPSA) is 49.3 Å². The summed E-state index contributed by atoms with van der Waals surface area (Å²) < 4.78 is 13.2. The standard InChI is InChI=1S/C14H16FNO2S/c1-19-9-7-14(18)16-13-6-5-12(15)10-11(13)4-2-3-8-17/h5-6,10,17H,3,7-9H2,1H3,(H,16,18). The minimum Gasteiger partial charge on any atom is -0.395 e. The third-order valence-electron chi connectivity index (χ3n) is 2.25. The predicted octanol–water partition coefficient (Wildman–Crippen LogP) is 2.25. The molecule has 0 saturated carbocycles. The van der Waals surface area contributed by atoms with Crippen molar-refractivity contribution in [1.82, 2.24) is 0 Å². The maximum Gasteiger partial charge on any atom is 0.225 e. The number of carbonyl (C=O) groups excluding carboxylic acids is 1. The molecule has 2 N–H and O–H groups in total. The van der Waals surface area contributed by atoms with Crippen LogP contribution in [0, 0.1) is 17.7 Å². The summed E-state index contributed by atoms with van der Waals surface area (Å²) in [6, 6.07) is 4.05. The van der Waals surface area contributed by atoms with E-state index in [9.17, 15) is 9.18 Å². The van der Waals surface area contributed by atoms with Gasteiger partial charge in [0.2, 0.25) is 5.91 Å². The number of anilines is 1. The molecule has 1 aromatic rings. The van der Waals surface area contributed by atoms with Crippen LogP contribution in [0.5, 0.6) is 0 Å². The van der Waals surface area contributed by atoms with Crippen molar-refractivity contribution in [2.75, 3.05) is 23.9 Å². The van der Waals surface area contributed by atoms with Gasteiger partial charge in [-0.05, 0) is 24.5 Å². The number of aliphatic hydroxyl groups excluding tert-OH is 1. The van der Waals surface area contributed by atoms with E-state index in [-0.39, 0.29) is 12.5 Å². The van der Waals surface area contributed by atoms with Crippen molar-refractivity contribution in [3.63, 3.8) is 0 Å². The highest BCUT2D eigenvalue weighted by Crippen LogP contribution is 2.16. The van der Waals surface area contributed by atoms with Gasteiger partial charge in [-0.25, -0.2) is 4.39 Å². The molecular weight excluding hydrogens is 265 g/mol. The van der Waals surface area contributed by atoms with Gasteiger partial charge in [-0.2, -0.15) is 11.8 Å². The lowest BCUT2D eigenvalue weighted by Crippen LogP contribution is -2.13. The summed E-state index contributed by atoms with van der Waals surface area (Å²) in [7, 11) is 0. The normalized spacial score (nSPS) is 9.63. The smallest absolute Gasteiger partial charge is 0.225 e. The first-order valence-electron chi connectivity index (χ1n) is 5.85. The SMILES string of the molecule is CSCCC(=O)Nc1ccc(F)cc1C#CCCO. The van der Waals surface area contributed by atoms with Gasteiger partial charge in [0, 0.05) is 18.6 Å². The van der Waals surface area contributed by atoms with Crippen molar-refractivity contribution >= 4 is 23.4 Å². The summed E-state index contributed by atoms with van der Waals surface area (Å²) >= 11 is 1.59. The molecule has 0 aliphatic heterocycles. The molecular formula is C14H16FNO2S. The second-order valence-electron chi connectivity index (χ2n) is 3.76. The molecule has 0 saturated heterocycles. The average molecular weight is 281 g/mol. The predicted molar refractivity (Wildman–Crippen MR) is 76.6 cm³/mol. The van der Waals surface area contributed by atoms with Crippen LogP contribution in [0.15, 0.2) is 18.2 Å². The number of nitrogens with one attached hydrogen (secondary N) is 1. The fourth-order valence-corrected chi connectivity index (χ4v) is 1.74. The summed E-state index contributed by atoms with van der Waals surface area (Å²) in [4.78, 5) is 11.6. The molecule has 1 rings (SSSR count). The lowest BCUT2D eigenvalue weighted by Gasteiger charge is -2.07. The second-order valence-corrected chi connectivity index (χ2v) is 4.74. The first kappa shape index (κ1) is 15.5. The molecule has 0 radical (unpaired) electrons.